The SMILES string of the molecule is CC1(C)Cc2cc(-c3ccc(OCC4CC4)nc3)c(F)cc2C1OC(N)=O. The summed E-state index contributed by atoms with van der Waals surface area (Å²) in [6.45, 7) is 4.65. The molecule has 0 radical (unpaired) electrons. The van der Waals surface area contributed by atoms with Crippen LogP contribution in [0.3, 0.4) is 0 Å². The molecule has 0 spiro atoms. The molecule has 1 saturated carbocycles. The molecule has 0 aliphatic heterocycles. The van der Waals surface area contributed by atoms with Gasteiger partial charge < -0.3 is 15.2 Å². The topological polar surface area (TPSA) is 74.4 Å². The van der Waals surface area contributed by atoms with Gasteiger partial charge in [-0.25, -0.2) is 14.2 Å². The molecular formula is C21H23FN2O3. The highest BCUT2D eigenvalue weighted by atomic mass is 19.1. The maximum Gasteiger partial charge on any atom is 0.405 e. The van der Waals surface area contributed by atoms with Crippen LogP contribution in [0.1, 0.15) is 43.9 Å². The highest BCUT2D eigenvalue weighted by Gasteiger charge is 2.42. The second-order valence-electron chi connectivity index (χ2n) is 8.15. The van der Waals surface area contributed by atoms with Crippen molar-refractivity contribution in [1.82, 2.24) is 4.98 Å². The molecule has 1 fully saturated rings. The van der Waals surface area contributed by atoms with Crippen molar-refractivity contribution in [2.24, 2.45) is 17.1 Å². The van der Waals surface area contributed by atoms with E-state index in [4.69, 9.17) is 15.2 Å². The number of pyridine rings is 1. The lowest BCUT2D eigenvalue weighted by atomic mass is 9.87. The maximum atomic E-state index is 14.8. The molecule has 1 amide bonds. The smallest absolute Gasteiger partial charge is 0.405 e. The molecule has 142 valence electrons. The fourth-order valence-electron chi connectivity index (χ4n) is 3.71. The monoisotopic (exact) mass is 370 g/mol. The third kappa shape index (κ3) is 3.61. The first kappa shape index (κ1) is 17.8. The number of amides is 1. The van der Waals surface area contributed by atoms with Crippen molar-refractivity contribution in [3.05, 3.63) is 47.4 Å². The van der Waals surface area contributed by atoms with E-state index in [-0.39, 0.29) is 11.2 Å². The molecule has 1 atom stereocenters. The lowest BCUT2D eigenvalue weighted by molar-refractivity contribution is 0.0391. The van der Waals surface area contributed by atoms with Gasteiger partial charge in [0, 0.05) is 28.8 Å². The Morgan fingerprint density at radius 1 is 1.33 bits per heavy atom. The minimum atomic E-state index is -0.851. The Morgan fingerprint density at radius 3 is 2.74 bits per heavy atom. The molecule has 0 bridgehead atoms. The first-order valence-electron chi connectivity index (χ1n) is 9.21. The molecule has 2 aromatic rings. The van der Waals surface area contributed by atoms with E-state index < -0.39 is 12.2 Å². The Balaban J connectivity index is 1.60. The number of nitrogens with zero attached hydrogens (tertiary/aromatic N) is 1. The van der Waals surface area contributed by atoms with Gasteiger partial charge in [-0.3, -0.25) is 0 Å². The Morgan fingerprint density at radius 2 is 2.11 bits per heavy atom. The van der Waals surface area contributed by atoms with Crippen molar-refractivity contribution in [2.45, 2.75) is 39.2 Å². The van der Waals surface area contributed by atoms with E-state index in [1.807, 2.05) is 26.0 Å². The zero-order valence-corrected chi connectivity index (χ0v) is 15.5. The summed E-state index contributed by atoms with van der Waals surface area (Å²) in [4.78, 5) is 15.5. The highest BCUT2D eigenvalue weighted by molar-refractivity contribution is 5.68. The second-order valence-corrected chi connectivity index (χ2v) is 8.15. The summed E-state index contributed by atoms with van der Waals surface area (Å²) >= 11 is 0. The number of primary amides is 1. The number of nitrogens with two attached hydrogens (primary N) is 1. The van der Waals surface area contributed by atoms with E-state index in [1.54, 1.807) is 12.3 Å². The summed E-state index contributed by atoms with van der Waals surface area (Å²) in [5.74, 6) is 0.834. The normalized spacial score (nSPS) is 20.2. The lowest BCUT2D eigenvalue weighted by Crippen LogP contribution is -2.25. The standard InChI is InChI=1S/C21H23FN2O3/c1-21(2)9-14-7-15(17(22)8-16(14)19(21)27-20(23)25)13-5-6-18(24-10-13)26-11-12-3-4-12/h5-8,10,12,19H,3-4,9,11H2,1-2H3,(H2,23,25). The summed E-state index contributed by atoms with van der Waals surface area (Å²) in [6.07, 6.45) is 3.33. The molecule has 2 N–H and O–H groups in total. The Hall–Kier alpha value is -2.63. The van der Waals surface area contributed by atoms with E-state index in [9.17, 15) is 9.18 Å². The van der Waals surface area contributed by atoms with Crippen LogP contribution in [-0.4, -0.2) is 17.7 Å². The van der Waals surface area contributed by atoms with E-state index in [0.29, 0.717) is 41.5 Å². The van der Waals surface area contributed by atoms with Gasteiger partial charge in [0.15, 0.2) is 0 Å². The van der Waals surface area contributed by atoms with Crippen LogP contribution < -0.4 is 10.5 Å². The van der Waals surface area contributed by atoms with Gasteiger partial charge in [0.05, 0.1) is 6.61 Å². The van der Waals surface area contributed by atoms with Gasteiger partial charge in [0.2, 0.25) is 5.88 Å². The molecule has 2 aliphatic carbocycles. The van der Waals surface area contributed by atoms with Crippen LogP contribution in [-0.2, 0) is 11.2 Å². The Labute approximate surface area is 157 Å². The summed E-state index contributed by atoms with van der Waals surface area (Å²) in [5.41, 5.74) is 7.65. The van der Waals surface area contributed by atoms with Crippen LogP contribution in [0.5, 0.6) is 5.88 Å². The van der Waals surface area contributed by atoms with Gasteiger partial charge in [-0.2, -0.15) is 0 Å². The number of aromatic nitrogens is 1. The number of carbonyl (C=O) groups is 1. The quantitative estimate of drug-likeness (QED) is 0.847. The molecule has 0 saturated heterocycles. The van der Waals surface area contributed by atoms with Crippen LogP contribution >= 0.6 is 0 Å². The van der Waals surface area contributed by atoms with E-state index in [2.05, 4.69) is 4.98 Å². The van der Waals surface area contributed by atoms with Crippen molar-refractivity contribution in [3.63, 3.8) is 0 Å². The number of halogens is 1. The van der Waals surface area contributed by atoms with Gasteiger partial charge in [0.1, 0.15) is 11.9 Å². The predicted octanol–water partition coefficient (Wildman–Crippen LogP) is 4.40. The van der Waals surface area contributed by atoms with Gasteiger partial charge in [-0.1, -0.05) is 13.8 Å². The summed E-state index contributed by atoms with van der Waals surface area (Å²) in [7, 11) is 0. The second kappa shape index (κ2) is 6.51. The zero-order chi connectivity index (χ0) is 19.2. The van der Waals surface area contributed by atoms with Crippen LogP contribution in [0.25, 0.3) is 11.1 Å². The number of carbonyl (C=O) groups excluding carboxylic acids is 1. The molecule has 2 aliphatic rings. The fraction of sp³-hybridized carbons (Fsp3) is 0.429. The molecule has 4 rings (SSSR count). The van der Waals surface area contributed by atoms with Crippen molar-refractivity contribution in [1.29, 1.82) is 0 Å². The molecule has 6 heteroatoms. The molecule has 1 unspecified atom stereocenters. The first-order chi connectivity index (χ1) is 12.8. The molecule has 5 nitrogen and oxygen atoms in total. The molecule has 1 aromatic heterocycles. The molecular weight excluding hydrogens is 347 g/mol. The molecule has 1 heterocycles. The van der Waals surface area contributed by atoms with Gasteiger partial charge in [0.25, 0.3) is 0 Å². The first-order valence-corrected chi connectivity index (χ1v) is 9.21. The summed E-state index contributed by atoms with van der Waals surface area (Å²) in [5, 5.41) is 0. The predicted molar refractivity (Wildman–Crippen MR) is 98.7 cm³/mol. The van der Waals surface area contributed by atoms with Crippen LogP contribution in [0, 0.1) is 17.2 Å². The van der Waals surface area contributed by atoms with Crippen LogP contribution in [0.15, 0.2) is 30.5 Å². The number of fused-ring (bicyclic) bond motifs is 1. The number of hydrogen-bond acceptors (Lipinski definition) is 4. The third-order valence-electron chi connectivity index (χ3n) is 5.31. The van der Waals surface area contributed by atoms with Crippen LogP contribution in [0.4, 0.5) is 9.18 Å². The average molecular weight is 370 g/mol. The summed E-state index contributed by atoms with van der Waals surface area (Å²) in [6, 6.07) is 6.86. The maximum absolute atomic E-state index is 14.8. The van der Waals surface area contributed by atoms with Crippen molar-refractivity contribution < 1.29 is 18.7 Å². The van der Waals surface area contributed by atoms with Gasteiger partial charge in [-0.05, 0) is 54.5 Å². The average Bonchev–Trinajstić information content (AvgIpc) is 3.40. The number of hydrogen-bond donors (Lipinski definition) is 1. The Kier molecular flexibility index (Phi) is 4.29. The third-order valence-corrected chi connectivity index (χ3v) is 5.31. The van der Waals surface area contributed by atoms with Gasteiger partial charge >= 0.3 is 6.09 Å². The van der Waals surface area contributed by atoms with E-state index >= 15 is 0 Å². The number of benzene rings is 1. The highest BCUT2D eigenvalue weighted by Crippen LogP contribution is 2.48. The van der Waals surface area contributed by atoms with Crippen LogP contribution in [0.2, 0.25) is 0 Å². The van der Waals surface area contributed by atoms with E-state index in [0.717, 1.165) is 5.56 Å². The number of rotatable bonds is 5. The zero-order valence-electron chi connectivity index (χ0n) is 15.5. The minimum Gasteiger partial charge on any atom is -0.477 e. The van der Waals surface area contributed by atoms with E-state index in [1.165, 1.54) is 18.9 Å². The fourth-order valence-corrected chi connectivity index (χ4v) is 3.71. The minimum absolute atomic E-state index is 0.346. The van der Waals surface area contributed by atoms with Gasteiger partial charge in [-0.15, -0.1) is 0 Å². The molecule has 27 heavy (non-hydrogen) atoms. The Bertz CT molecular complexity index is 876. The lowest BCUT2D eigenvalue weighted by Gasteiger charge is -2.26. The van der Waals surface area contributed by atoms with Crippen molar-refractivity contribution in [3.8, 4) is 17.0 Å². The largest absolute Gasteiger partial charge is 0.477 e. The van der Waals surface area contributed by atoms with Crippen molar-refractivity contribution in [2.75, 3.05) is 6.61 Å². The van der Waals surface area contributed by atoms with Crippen molar-refractivity contribution >= 4 is 6.09 Å². The summed E-state index contributed by atoms with van der Waals surface area (Å²) < 4.78 is 25.7. The molecule has 1 aromatic carbocycles. The number of ether oxygens (including phenoxy) is 2.